The highest BCUT2D eigenvalue weighted by atomic mass is 16.5. The molecule has 1 fully saturated rings. The molecule has 0 saturated carbocycles. The normalized spacial score (nSPS) is 17.4. The zero-order valence-corrected chi connectivity index (χ0v) is 12.9. The Hall–Kier alpha value is -1.77. The van der Waals surface area contributed by atoms with Crippen LogP contribution in [0.15, 0.2) is 24.3 Å². The predicted octanol–water partition coefficient (Wildman–Crippen LogP) is 1.57. The van der Waals surface area contributed by atoms with E-state index in [-0.39, 0.29) is 5.54 Å². The van der Waals surface area contributed by atoms with Crippen LogP contribution in [0.2, 0.25) is 0 Å². The number of rotatable bonds is 5. The second-order valence-electron chi connectivity index (χ2n) is 5.92. The minimum absolute atomic E-state index is 0.368. The van der Waals surface area contributed by atoms with Gasteiger partial charge in [-0.2, -0.15) is 5.26 Å². The van der Waals surface area contributed by atoms with Crippen molar-refractivity contribution < 1.29 is 4.74 Å². The number of hydrogen-bond acceptors (Lipinski definition) is 5. The summed E-state index contributed by atoms with van der Waals surface area (Å²) >= 11 is 0. The summed E-state index contributed by atoms with van der Waals surface area (Å²) < 4.78 is 5.72. The van der Waals surface area contributed by atoms with Gasteiger partial charge < -0.3 is 10.5 Å². The second-order valence-corrected chi connectivity index (χ2v) is 5.92. The van der Waals surface area contributed by atoms with Gasteiger partial charge in [-0.1, -0.05) is 0 Å². The Labute approximate surface area is 126 Å². The number of ether oxygens (including phenoxy) is 1. The molecule has 5 nitrogen and oxygen atoms in total. The van der Waals surface area contributed by atoms with Crippen LogP contribution in [0.1, 0.15) is 13.8 Å². The van der Waals surface area contributed by atoms with Crippen molar-refractivity contribution >= 4 is 5.69 Å². The van der Waals surface area contributed by atoms with Crippen molar-refractivity contribution in [3.8, 4) is 11.8 Å². The summed E-state index contributed by atoms with van der Waals surface area (Å²) in [5.74, 6) is 0.855. The summed E-state index contributed by atoms with van der Waals surface area (Å²) in [6.07, 6.45) is 0. The van der Waals surface area contributed by atoms with Crippen LogP contribution in [0.25, 0.3) is 0 Å². The van der Waals surface area contributed by atoms with E-state index >= 15 is 0 Å². The minimum atomic E-state index is -0.368. The van der Waals surface area contributed by atoms with Crippen molar-refractivity contribution in [2.75, 3.05) is 45.1 Å². The number of benzene rings is 1. The van der Waals surface area contributed by atoms with E-state index in [4.69, 9.17) is 15.7 Å². The van der Waals surface area contributed by atoms with Gasteiger partial charge in [0.1, 0.15) is 17.9 Å². The zero-order chi connectivity index (χ0) is 15.3. The van der Waals surface area contributed by atoms with Crippen molar-refractivity contribution in [3.05, 3.63) is 24.3 Å². The number of hydrogen-bond donors (Lipinski definition) is 1. The van der Waals surface area contributed by atoms with Gasteiger partial charge in [-0.05, 0) is 38.1 Å². The van der Waals surface area contributed by atoms with E-state index in [1.54, 1.807) is 0 Å². The van der Waals surface area contributed by atoms with Crippen LogP contribution in [0.3, 0.4) is 0 Å². The molecule has 2 N–H and O–H groups in total. The van der Waals surface area contributed by atoms with Gasteiger partial charge in [-0.15, -0.1) is 0 Å². The molecule has 21 heavy (non-hydrogen) atoms. The largest absolute Gasteiger partial charge is 0.492 e. The maximum atomic E-state index is 9.16. The third-order valence-corrected chi connectivity index (χ3v) is 3.99. The van der Waals surface area contributed by atoms with E-state index in [1.165, 1.54) is 0 Å². The van der Waals surface area contributed by atoms with Gasteiger partial charge in [0, 0.05) is 38.4 Å². The molecule has 0 atom stereocenters. The van der Waals surface area contributed by atoms with Gasteiger partial charge in [0.2, 0.25) is 0 Å². The van der Waals surface area contributed by atoms with E-state index in [2.05, 4.69) is 15.9 Å². The summed E-state index contributed by atoms with van der Waals surface area (Å²) in [6, 6.07) is 9.84. The minimum Gasteiger partial charge on any atom is -0.492 e. The molecule has 1 aliphatic heterocycles. The van der Waals surface area contributed by atoms with E-state index in [9.17, 15) is 0 Å². The first kappa shape index (κ1) is 15.6. The second kappa shape index (κ2) is 6.79. The molecule has 0 radical (unpaired) electrons. The summed E-state index contributed by atoms with van der Waals surface area (Å²) in [4.78, 5) is 4.62. The Balaban J connectivity index is 1.70. The van der Waals surface area contributed by atoms with Crippen molar-refractivity contribution in [2.45, 2.75) is 19.4 Å². The maximum Gasteiger partial charge on any atom is 0.119 e. The van der Waals surface area contributed by atoms with Crippen LogP contribution < -0.4 is 10.5 Å². The van der Waals surface area contributed by atoms with Gasteiger partial charge in [-0.25, -0.2) is 0 Å². The van der Waals surface area contributed by atoms with Crippen molar-refractivity contribution in [3.63, 3.8) is 0 Å². The molecule has 1 aromatic carbocycles. The number of nitrogen functional groups attached to an aromatic ring is 1. The van der Waals surface area contributed by atoms with Crippen LogP contribution in [0.4, 0.5) is 5.69 Å². The highest BCUT2D eigenvalue weighted by Crippen LogP contribution is 2.16. The fourth-order valence-electron chi connectivity index (χ4n) is 2.46. The highest BCUT2D eigenvalue weighted by Gasteiger charge is 2.29. The van der Waals surface area contributed by atoms with Crippen LogP contribution >= 0.6 is 0 Å². The molecule has 114 valence electrons. The van der Waals surface area contributed by atoms with E-state index in [1.807, 2.05) is 38.1 Å². The average molecular weight is 288 g/mol. The Morgan fingerprint density at radius 1 is 1.19 bits per heavy atom. The lowest BCUT2D eigenvalue weighted by Gasteiger charge is -2.40. The molecule has 0 bridgehead atoms. The van der Waals surface area contributed by atoms with Crippen molar-refractivity contribution in [1.29, 1.82) is 5.26 Å². The summed E-state index contributed by atoms with van der Waals surface area (Å²) in [5.41, 5.74) is 6.02. The quantitative estimate of drug-likeness (QED) is 0.833. The van der Waals surface area contributed by atoms with E-state index in [0.717, 1.165) is 44.2 Å². The molecule has 0 amide bonds. The van der Waals surface area contributed by atoms with Gasteiger partial charge in [0.15, 0.2) is 0 Å². The Morgan fingerprint density at radius 2 is 1.81 bits per heavy atom. The molecule has 0 aromatic heterocycles. The van der Waals surface area contributed by atoms with Crippen molar-refractivity contribution in [1.82, 2.24) is 9.80 Å². The lowest BCUT2D eigenvalue weighted by Crippen LogP contribution is -2.54. The Bertz CT molecular complexity index is 484. The molecular weight excluding hydrogens is 264 g/mol. The summed E-state index contributed by atoms with van der Waals surface area (Å²) in [5, 5.41) is 9.16. The SMILES string of the molecule is CC(C)(C#N)N1CCN(CCOc2ccc(N)cc2)CC1. The number of nitrogens with two attached hydrogens (primary N) is 1. The smallest absolute Gasteiger partial charge is 0.119 e. The predicted molar refractivity (Wildman–Crippen MR) is 84.1 cm³/mol. The van der Waals surface area contributed by atoms with Gasteiger partial charge in [0.05, 0.1) is 6.07 Å². The van der Waals surface area contributed by atoms with E-state index < -0.39 is 0 Å². The van der Waals surface area contributed by atoms with Crippen LogP contribution in [-0.2, 0) is 0 Å². The summed E-state index contributed by atoms with van der Waals surface area (Å²) in [6.45, 7) is 9.37. The average Bonchev–Trinajstić information content (AvgIpc) is 2.50. The molecule has 2 rings (SSSR count). The maximum absolute atomic E-state index is 9.16. The number of anilines is 1. The molecule has 5 heteroatoms. The fourth-order valence-corrected chi connectivity index (χ4v) is 2.46. The summed E-state index contributed by atoms with van der Waals surface area (Å²) in [7, 11) is 0. The molecule has 0 aliphatic carbocycles. The lowest BCUT2D eigenvalue weighted by molar-refractivity contribution is 0.0725. The third kappa shape index (κ3) is 4.35. The van der Waals surface area contributed by atoms with Crippen molar-refractivity contribution in [2.24, 2.45) is 0 Å². The highest BCUT2D eigenvalue weighted by molar-refractivity contribution is 5.41. The van der Waals surface area contributed by atoms with Crippen LogP contribution in [-0.4, -0.2) is 54.7 Å². The number of piperazine rings is 1. The molecule has 0 unspecified atom stereocenters. The molecular formula is C16H24N4O. The topological polar surface area (TPSA) is 65.5 Å². The number of nitriles is 1. The first-order chi connectivity index (χ1) is 10.0. The zero-order valence-electron chi connectivity index (χ0n) is 12.9. The third-order valence-electron chi connectivity index (χ3n) is 3.99. The van der Waals surface area contributed by atoms with Gasteiger partial charge >= 0.3 is 0 Å². The monoisotopic (exact) mass is 288 g/mol. The standard InChI is InChI=1S/C16H24N4O/c1-16(2,13-17)20-9-7-19(8-10-20)11-12-21-15-5-3-14(18)4-6-15/h3-6H,7-12,18H2,1-2H3. The molecule has 1 heterocycles. The molecule has 1 aliphatic rings. The Morgan fingerprint density at radius 3 is 2.38 bits per heavy atom. The molecule has 0 spiro atoms. The lowest BCUT2D eigenvalue weighted by atomic mass is 10.0. The van der Waals surface area contributed by atoms with Gasteiger partial charge in [-0.3, -0.25) is 9.80 Å². The Kier molecular flexibility index (Phi) is 5.05. The van der Waals surface area contributed by atoms with Crippen LogP contribution in [0.5, 0.6) is 5.75 Å². The van der Waals surface area contributed by atoms with Crippen LogP contribution in [0, 0.1) is 11.3 Å². The molecule has 1 saturated heterocycles. The first-order valence-electron chi connectivity index (χ1n) is 7.38. The number of nitrogens with zero attached hydrogens (tertiary/aromatic N) is 3. The first-order valence-corrected chi connectivity index (χ1v) is 7.38. The van der Waals surface area contributed by atoms with Gasteiger partial charge in [0.25, 0.3) is 0 Å². The van der Waals surface area contributed by atoms with E-state index in [0.29, 0.717) is 6.61 Å². The molecule has 1 aromatic rings. The fraction of sp³-hybridized carbons (Fsp3) is 0.562.